The predicted molar refractivity (Wildman–Crippen MR) is 451 cm³/mol. The second kappa shape index (κ2) is 46.4. The largest absolute Gasteiger partial charge is 1.00 e. The fourth-order valence-electron chi connectivity index (χ4n) is 12.9. The zero-order valence-electron chi connectivity index (χ0n) is 62.8. The number of hydrogen-bond donors (Lipinski definition) is 6. The molecule has 2 aromatic heterocycles. The minimum absolute atomic E-state index is 0. The van der Waals surface area contributed by atoms with E-state index in [0.29, 0.717) is 22.2 Å². The van der Waals surface area contributed by atoms with Crippen LogP contribution >= 0.6 is 27.3 Å². The molecule has 2 fully saturated rings. The maximum Gasteiger partial charge on any atom is 1.00 e. The molecule has 116 heavy (non-hydrogen) atoms. The van der Waals surface area contributed by atoms with Crippen molar-refractivity contribution in [1.82, 2.24) is 25.1 Å². The van der Waals surface area contributed by atoms with Crippen molar-refractivity contribution in [2.75, 3.05) is 85.5 Å². The van der Waals surface area contributed by atoms with Crippen LogP contribution in [-0.4, -0.2) is 159 Å². The molecule has 17 rings (SSSR count). The smallest absolute Gasteiger partial charge is 0.870 e. The van der Waals surface area contributed by atoms with Gasteiger partial charge in [-0.3, -0.25) is 28.9 Å². The van der Waals surface area contributed by atoms with Gasteiger partial charge in [0.2, 0.25) is 0 Å². The molecule has 0 saturated carbocycles. The topological polar surface area (TPSA) is 311 Å². The first-order valence-corrected chi connectivity index (χ1v) is 37.2. The molecule has 0 atom stereocenters. The number of carbonyl (C=O) groups excluding carboxylic acids is 4. The number of carbonyl (C=O) groups is 7. The Balaban J connectivity index is 0.000000284. The molecule has 8 heterocycles. The van der Waals surface area contributed by atoms with Crippen LogP contribution in [0.3, 0.4) is 0 Å². The van der Waals surface area contributed by atoms with Gasteiger partial charge in [-0.25, -0.2) is 32.1 Å². The molecule has 1 amide bonds. The minimum atomic E-state index is -0.914. The Morgan fingerprint density at radius 1 is 0.474 bits per heavy atom. The van der Waals surface area contributed by atoms with Gasteiger partial charge in [0.15, 0.2) is 22.4 Å². The van der Waals surface area contributed by atoms with Crippen molar-refractivity contribution in [1.29, 1.82) is 0 Å². The molecule has 608 valence electrons. The van der Waals surface area contributed by atoms with Crippen molar-refractivity contribution < 1.29 is 96.3 Å². The van der Waals surface area contributed by atoms with Crippen LogP contribution in [0, 0.1) is 23.3 Å². The van der Waals surface area contributed by atoms with E-state index in [9.17, 15) is 46.3 Å². The van der Waals surface area contributed by atoms with Crippen LogP contribution in [0.5, 0.6) is 0 Å². The number of hydrogen-bond acceptors (Lipinski definition) is 16. The van der Waals surface area contributed by atoms with E-state index < -0.39 is 17.9 Å². The molecule has 6 aliphatic heterocycles. The van der Waals surface area contributed by atoms with Crippen molar-refractivity contribution in [3.63, 3.8) is 0 Å². The maximum absolute atomic E-state index is 13.0. The predicted octanol–water partition coefficient (Wildman–Crippen LogP) is 14.8. The Morgan fingerprint density at radius 3 is 1.23 bits per heavy atom. The zero-order chi connectivity index (χ0) is 78.5. The molecular formula is C88H97BrF4LiN9O12S. The van der Waals surface area contributed by atoms with Gasteiger partial charge >= 0.3 is 30.8 Å². The summed E-state index contributed by atoms with van der Waals surface area (Å²) >= 11 is 4.60. The van der Waals surface area contributed by atoms with Gasteiger partial charge in [-0.15, -0.1) is 11.3 Å². The van der Waals surface area contributed by atoms with Crippen LogP contribution in [0.25, 0.3) is 10.9 Å². The molecule has 0 aliphatic carbocycles. The number of Topliss-reactive ketones (excluding diaryl/α,β-unsaturated/α-hetero) is 3. The van der Waals surface area contributed by atoms with Gasteiger partial charge in [0.05, 0.1) is 11.1 Å². The number of halogens is 5. The number of carboxylic acids is 3. The zero-order valence-corrected chi connectivity index (χ0v) is 65.2. The van der Waals surface area contributed by atoms with Crippen LogP contribution < -0.4 is 44.2 Å². The van der Waals surface area contributed by atoms with Crippen LogP contribution in [0.15, 0.2) is 216 Å². The van der Waals surface area contributed by atoms with Crippen molar-refractivity contribution in [2.24, 2.45) is 0 Å². The Bertz CT molecular complexity index is 4760. The number of thiazole rings is 1. The normalized spacial score (nSPS) is 13.2. The molecule has 28 heteroatoms. The van der Waals surface area contributed by atoms with Gasteiger partial charge in [0, 0.05) is 168 Å². The van der Waals surface area contributed by atoms with Crippen molar-refractivity contribution in [3.8, 4) is 0 Å². The number of nitrogens with zero attached hydrogens (tertiary/aromatic N) is 6. The second-order valence-electron chi connectivity index (χ2n) is 26.2. The third kappa shape index (κ3) is 26.7. The molecular weight excluding hydrogens is 1570 g/mol. The number of aromatic nitrogens is 2. The fraction of sp³-hybridized carbons (Fsp3) is 0.250. The van der Waals surface area contributed by atoms with Gasteiger partial charge in [0.25, 0.3) is 11.9 Å². The molecule has 0 unspecified atom stereocenters. The number of aromatic carboxylic acids is 2. The van der Waals surface area contributed by atoms with Crippen LogP contribution in [0.2, 0.25) is 0 Å². The third-order valence-electron chi connectivity index (χ3n) is 18.7. The Hall–Kier alpha value is -11.1. The summed E-state index contributed by atoms with van der Waals surface area (Å²) in [4.78, 5) is 94.2. The first-order valence-electron chi connectivity index (χ1n) is 35.5. The van der Waals surface area contributed by atoms with E-state index in [1.165, 1.54) is 76.7 Å². The summed E-state index contributed by atoms with van der Waals surface area (Å²) in [5.41, 5.74) is 15.6. The summed E-state index contributed by atoms with van der Waals surface area (Å²) in [7, 11) is 0. The molecule has 0 radical (unpaired) electrons. The van der Waals surface area contributed by atoms with Gasteiger partial charge in [-0.05, 0) is 263 Å². The van der Waals surface area contributed by atoms with Crippen molar-refractivity contribution >= 4 is 119 Å². The molecule has 0 spiro atoms. The van der Waals surface area contributed by atoms with Gasteiger partial charge in [-0.2, -0.15) is 0 Å². The van der Waals surface area contributed by atoms with Crippen molar-refractivity contribution in [2.45, 2.75) is 81.7 Å². The maximum atomic E-state index is 13.0. The van der Waals surface area contributed by atoms with E-state index in [1.54, 1.807) is 99.8 Å². The van der Waals surface area contributed by atoms with E-state index in [4.69, 9.17) is 20.1 Å². The fourth-order valence-corrected chi connectivity index (χ4v) is 13.7. The minimum Gasteiger partial charge on any atom is -0.870 e. The van der Waals surface area contributed by atoms with Gasteiger partial charge in [0.1, 0.15) is 23.3 Å². The number of piperazine rings is 1. The SMILES string of the molecule is C.C.C.CC(=O)O.CC(=O)c1ccc2[nH]ccc2c1.CC(=O)c1ccc2c(c1)CCN2.CC(=O)c1ccc2c(c1)CCN2c1ccc(F)cc1.Fc1ccc(Br)cc1.O.O=C(O)c1ccc2c(c1)CCN2c1ccc(F)cc1.O=C(O)c1ccc2c(c1)CCN2c1ccc(F)cc1.O=C(c1nccs1)N1CCN(C2CNC2)CC1.[Li+].[OH-]. The van der Waals surface area contributed by atoms with Crippen LogP contribution in [0.4, 0.5) is 57.4 Å². The standard InChI is InChI=1S/C16H14FNO.2C15H12FNO2.C11H16N4OS.C10H11NO.C10H9NO.C6H4BrF.C2H4O2.3CH4.Li.2H2O/c1-11(19)12-2-7-16-13(10-12)8-9-18(16)15-5-3-14(17)4-6-15;2*16-12-2-4-13(5-3-12)17-8-7-10-9-11(15(18)19)1-6-14(10)17;16-11(10-13-1-6-17-10)15-4-2-14(3-5-15)9-7-12-8-9;2*1-7(12)8-2-3-10-9(6-8)4-5-11-10;7-5-1-3-6(8)4-2-5;1-2(3)4;;;;;;/h2-7,10H,8-9H2,1H3;2*1-6,9H,7-8H2,(H,18,19);1,6,9,12H,2-5,7-8H2;2-3,6,11H,4-5H2,1H3;2-6,11H,1H3;1-4H;1H3,(H,3,4);3*1H4;;2*1H2/q;;;;;;;;;;;+1;;/p-1. The van der Waals surface area contributed by atoms with Gasteiger partial charge < -0.3 is 61.5 Å². The van der Waals surface area contributed by atoms with Crippen LogP contribution in [0.1, 0.15) is 134 Å². The number of H-pyrrole nitrogens is 1. The number of rotatable bonds is 10. The third-order valence-corrected chi connectivity index (χ3v) is 20.0. The molecule has 6 aliphatic rings. The number of amides is 1. The van der Waals surface area contributed by atoms with E-state index in [0.717, 1.165) is 175 Å². The molecule has 11 aromatic rings. The number of anilines is 7. The summed E-state index contributed by atoms with van der Waals surface area (Å²) in [6.07, 6.45) is 7.11. The molecule has 9 N–H and O–H groups in total. The summed E-state index contributed by atoms with van der Waals surface area (Å²) < 4.78 is 51.8. The molecule has 2 saturated heterocycles. The van der Waals surface area contributed by atoms with Crippen LogP contribution in [-0.2, 0) is 30.5 Å². The summed E-state index contributed by atoms with van der Waals surface area (Å²) in [6, 6.07) is 55.5. The summed E-state index contributed by atoms with van der Waals surface area (Å²) in [6.45, 7) is 15.1. The molecule has 0 bridgehead atoms. The molecule has 9 aromatic carbocycles. The number of nitrogens with one attached hydrogen (secondary N) is 3. The second-order valence-corrected chi connectivity index (χ2v) is 28.0. The number of aromatic amines is 1. The van der Waals surface area contributed by atoms with E-state index >= 15 is 0 Å². The van der Waals surface area contributed by atoms with Crippen molar-refractivity contribution in [3.05, 3.63) is 295 Å². The first-order chi connectivity index (χ1) is 52.8. The Labute approximate surface area is 698 Å². The summed E-state index contributed by atoms with van der Waals surface area (Å²) in [5, 5.41) is 35.5. The number of carboxylic acid groups (broad SMARTS) is 3. The number of aliphatic carboxylic acids is 1. The quantitative estimate of drug-likeness (QED) is 0.0421. The van der Waals surface area contributed by atoms with E-state index in [-0.39, 0.29) is 98.6 Å². The first kappa shape index (κ1) is 97.2. The average Bonchev–Trinajstić information content (AvgIpc) is 1.65. The monoisotopic (exact) mass is 1670 g/mol. The Kier molecular flexibility index (Phi) is 38.9. The average molecular weight is 1670 g/mol. The van der Waals surface area contributed by atoms with E-state index in [1.807, 2.05) is 89.3 Å². The molecule has 21 nitrogen and oxygen atoms in total. The Morgan fingerprint density at radius 2 is 0.853 bits per heavy atom. The number of benzene rings is 9. The number of fused-ring (bicyclic) bond motifs is 5. The van der Waals surface area contributed by atoms with E-state index in [2.05, 4.69) is 56.1 Å². The number of ketones is 3. The van der Waals surface area contributed by atoms with Gasteiger partial charge in [-0.1, -0.05) is 38.2 Å². The summed E-state index contributed by atoms with van der Waals surface area (Å²) in [5.74, 6) is -3.18.